The predicted molar refractivity (Wildman–Crippen MR) is 64.3 cm³/mol. The van der Waals surface area contributed by atoms with Crippen LogP contribution < -0.4 is 10.5 Å². The molecule has 0 aliphatic carbocycles. The number of methoxy groups -OCH3 is 1. The first-order chi connectivity index (χ1) is 8.22. The second-order valence-corrected chi connectivity index (χ2v) is 4.21. The summed E-state index contributed by atoms with van der Waals surface area (Å²) in [6.07, 6.45) is 1.98. The Kier molecular flexibility index (Phi) is 3.64. The third kappa shape index (κ3) is 2.58. The van der Waals surface area contributed by atoms with Gasteiger partial charge in [0.05, 0.1) is 12.7 Å². The molecule has 1 heterocycles. The summed E-state index contributed by atoms with van der Waals surface area (Å²) < 4.78 is 10.5. The highest BCUT2D eigenvalue weighted by Crippen LogP contribution is 2.30. The standard InChI is InChI=1S/C13H17NO3/c1-16-12-3-2-10(8-11(12)13(14)15)9-4-6-17-7-5-9/h2-3,8-9H,4-7H2,1H3,(H2,14,15). The van der Waals surface area contributed by atoms with Crippen LogP contribution in [0.5, 0.6) is 5.75 Å². The minimum atomic E-state index is -0.448. The van der Waals surface area contributed by atoms with Crippen molar-refractivity contribution < 1.29 is 14.3 Å². The van der Waals surface area contributed by atoms with Crippen molar-refractivity contribution in [3.8, 4) is 5.75 Å². The van der Waals surface area contributed by atoms with Crippen molar-refractivity contribution in [2.24, 2.45) is 5.73 Å². The van der Waals surface area contributed by atoms with E-state index in [1.54, 1.807) is 0 Å². The van der Waals surface area contributed by atoms with Gasteiger partial charge in [0.1, 0.15) is 5.75 Å². The molecule has 17 heavy (non-hydrogen) atoms. The van der Waals surface area contributed by atoms with Crippen LogP contribution in [-0.4, -0.2) is 26.2 Å². The van der Waals surface area contributed by atoms with Crippen molar-refractivity contribution in [1.29, 1.82) is 0 Å². The number of amides is 1. The van der Waals surface area contributed by atoms with E-state index in [4.69, 9.17) is 15.2 Å². The Morgan fingerprint density at radius 2 is 2.12 bits per heavy atom. The zero-order chi connectivity index (χ0) is 12.3. The molecule has 4 heteroatoms. The predicted octanol–water partition coefficient (Wildman–Crippen LogP) is 1.69. The molecule has 0 atom stereocenters. The van der Waals surface area contributed by atoms with Gasteiger partial charge >= 0.3 is 0 Å². The van der Waals surface area contributed by atoms with Crippen molar-refractivity contribution in [3.63, 3.8) is 0 Å². The highest BCUT2D eigenvalue weighted by molar-refractivity contribution is 5.95. The van der Waals surface area contributed by atoms with E-state index in [0.717, 1.165) is 31.6 Å². The average Bonchev–Trinajstić information content (AvgIpc) is 2.39. The van der Waals surface area contributed by atoms with E-state index in [-0.39, 0.29) is 0 Å². The van der Waals surface area contributed by atoms with E-state index in [1.165, 1.54) is 7.11 Å². The highest BCUT2D eigenvalue weighted by Gasteiger charge is 2.18. The molecule has 0 aromatic heterocycles. The number of carbonyl (C=O) groups is 1. The zero-order valence-corrected chi connectivity index (χ0v) is 9.94. The molecule has 1 aliphatic rings. The molecule has 92 valence electrons. The summed E-state index contributed by atoms with van der Waals surface area (Å²) in [6.45, 7) is 1.56. The molecule has 0 bridgehead atoms. The molecule has 1 aromatic carbocycles. The van der Waals surface area contributed by atoms with Crippen LogP contribution in [0.3, 0.4) is 0 Å². The van der Waals surface area contributed by atoms with Gasteiger partial charge in [0.15, 0.2) is 0 Å². The van der Waals surface area contributed by atoms with Gasteiger partial charge in [-0.05, 0) is 36.5 Å². The van der Waals surface area contributed by atoms with Crippen LogP contribution >= 0.6 is 0 Å². The molecule has 1 aliphatic heterocycles. The van der Waals surface area contributed by atoms with E-state index in [0.29, 0.717) is 17.2 Å². The van der Waals surface area contributed by atoms with Crippen LogP contribution in [0, 0.1) is 0 Å². The molecule has 0 spiro atoms. The molecule has 0 saturated carbocycles. The molecule has 1 fully saturated rings. The van der Waals surface area contributed by atoms with Gasteiger partial charge in [-0.1, -0.05) is 6.07 Å². The van der Waals surface area contributed by atoms with Gasteiger partial charge in [-0.25, -0.2) is 0 Å². The Hall–Kier alpha value is -1.55. The fourth-order valence-corrected chi connectivity index (χ4v) is 2.20. The maximum absolute atomic E-state index is 11.3. The van der Waals surface area contributed by atoms with Gasteiger partial charge in [-0.3, -0.25) is 4.79 Å². The summed E-state index contributed by atoms with van der Waals surface area (Å²) in [5.74, 6) is 0.539. The van der Waals surface area contributed by atoms with Crippen LogP contribution in [0.2, 0.25) is 0 Å². The Bertz CT molecular complexity index is 411. The molecule has 0 radical (unpaired) electrons. The largest absolute Gasteiger partial charge is 0.496 e. The van der Waals surface area contributed by atoms with Crippen LogP contribution in [-0.2, 0) is 4.74 Å². The second kappa shape index (κ2) is 5.19. The van der Waals surface area contributed by atoms with Crippen LogP contribution in [0.15, 0.2) is 18.2 Å². The maximum Gasteiger partial charge on any atom is 0.252 e. The SMILES string of the molecule is COc1ccc(C2CCOCC2)cc1C(N)=O. The van der Waals surface area contributed by atoms with Gasteiger partial charge in [0.2, 0.25) is 0 Å². The topological polar surface area (TPSA) is 61.6 Å². The first-order valence-electron chi connectivity index (χ1n) is 5.78. The second-order valence-electron chi connectivity index (χ2n) is 4.21. The maximum atomic E-state index is 11.3. The normalized spacial score (nSPS) is 16.8. The lowest BCUT2D eigenvalue weighted by atomic mass is 9.90. The first-order valence-corrected chi connectivity index (χ1v) is 5.78. The molecular weight excluding hydrogens is 218 g/mol. The van der Waals surface area contributed by atoms with Crippen molar-refractivity contribution in [3.05, 3.63) is 29.3 Å². The Balaban J connectivity index is 2.29. The molecular formula is C13H17NO3. The number of carbonyl (C=O) groups excluding carboxylic acids is 1. The molecule has 4 nitrogen and oxygen atoms in total. The zero-order valence-electron chi connectivity index (χ0n) is 9.94. The minimum Gasteiger partial charge on any atom is -0.496 e. The third-order valence-corrected chi connectivity index (χ3v) is 3.18. The summed E-state index contributed by atoms with van der Waals surface area (Å²) in [5, 5.41) is 0. The van der Waals surface area contributed by atoms with E-state index in [2.05, 4.69) is 0 Å². The molecule has 2 rings (SSSR count). The lowest BCUT2D eigenvalue weighted by Crippen LogP contribution is -2.16. The number of benzene rings is 1. The number of nitrogens with two attached hydrogens (primary N) is 1. The number of hydrogen-bond acceptors (Lipinski definition) is 3. The fraction of sp³-hybridized carbons (Fsp3) is 0.462. The molecule has 2 N–H and O–H groups in total. The van der Waals surface area contributed by atoms with Gasteiger partial charge in [0.25, 0.3) is 5.91 Å². The number of ether oxygens (including phenoxy) is 2. The van der Waals surface area contributed by atoms with Gasteiger partial charge < -0.3 is 15.2 Å². The lowest BCUT2D eigenvalue weighted by Gasteiger charge is -2.23. The third-order valence-electron chi connectivity index (χ3n) is 3.18. The lowest BCUT2D eigenvalue weighted by molar-refractivity contribution is 0.0853. The molecule has 0 unspecified atom stereocenters. The highest BCUT2D eigenvalue weighted by atomic mass is 16.5. The Morgan fingerprint density at radius 3 is 2.71 bits per heavy atom. The molecule has 1 aromatic rings. The quantitative estimate of drug-likeness (QED) is 0.867. The van der Waals surface area contributed by atoms with Gasteiger partial charge in [0, 0.05) is 13.2 Å². The Morgan fingerprint density at radius 1 is 1.41 bits per heavy atom. The molecule has 1 amide bonds. The van der Waals surface area contributed by atoms with Crippen molar-refractivity contribution in [2.45, 2.75) is 18.8 Å². The Labute approximate surface area is 101 Å². The van der Waals surface area contributed by atoms with E-state index in [1.807, 2.05) is 18.2 Å². The minimum absolute atomic E-state index is 0.448. The monoisotopic (exact) mass is 235 g/mol. The fourth-order valence-electron chi connectivity index (χ4n) is 2.20. The number of rotatable bonds is 3. The molecule has 1 saturated heterocycles. The summed E-state index contributed by atoms with van der Waals surface area (Å²) in [6, 6.07) is 5.66. The van der Waals surface area contributed by atoms with Crippen LogP contribution in [0.1, 0.15) is 34.7 Å². The summed E-state index contributed by atoms with van der Waals surface area (Å²) in [7, 11) is 1.54. The summed E-state index contributed by atoms with van der Waals surface area (Å²) in [5.41, 5.74) is 6.94. The van der Waals surface area contributed by atoms with E-state index in [9.17, 15) is 4.79 Å². The summed E-state index contributed by atoms with van der Waals surface area (Å²) in [4.78, 5) is 11.3. The summed E-state index contributed by atoms with van der Waals surface area (Å²) >= 11 is 0. The van der Waals surface area contributed by atoms with Crippen molar-refractivity contribution in [2.75, 3.05) is 20.3 Å². The van der Waals surface area contributed by atoms with Gasteiger partial charge in [-0.2, -0.15) is 0 Å². The number of hydrogen-bond donors (Lipinski definition) is 1. The van der Waals surface area contributed by atoms with E-state index < -0.39 is 5.91 Å². The van der Waals surface area contributed by atoms with Crippen molar-refractivity contribution >= 4 is 5.91 Å². The number of primary amides is 1. The van der Waals surface area contributed by atoms with Crippen LogP contribution in [0.4, 0.5) is 0 Å². The first kappa shape index (κ1) is 11.9. The van der Waals surface area contributed by atoms with Crippen molar-refractivity contribution in [1.82, 2.24) is 0 Å². The van der Waals surface area contributed by atoms with Crippen LogP contribution in [0.25, 0.3) is 0 Å². The smallest absolute Gasteiger partial charge is 0.252 e. The average molecular weight is 235 g/mol. The van der Waals surface area contributed by atoms with E-state index >= 15 is 0 Å². The van der Waals surface area contributed by atoms with Gasteiger partial charge in [-0.15, -0.1) is 0 Å².